The first kappa shape index (κ1) is 15.2. The normalized spacial score (nSPS) is 10.0. The Morgan fingerprint density at radius 3 is 2.58 bits per heavy atom. The van der Waals surface area contributed by atoms with E-state index in [9.17, 15) is 4.79 Å². The highest BCUT2D eigenvalue weighted by molar-refractivity contribution is 5.92. The fourth-order valence-corrected chi connectivity index (χ4v) is 1.42. The monoisotopic (exact) mass is 262 g/mol. The lowest BCUT2D eigenvalue weighted by molar-refractivity contribution is -0.115. The molecule has 0 unspecified atom stereocenters. The van der Waals surface area contributed by atoms with Crippen molar-refractivity contribution < 1.29 is 9.53 Å². The largest absolute Gasteiger partial charge is 0.489 e. The SMILES string of the molecule is C=C(C)COc1ccc(NC(=O)CNCCC)cc1. The second kappa shape index (κ2) is 8.32. The van der Waals surface area contributed by atoms with E-state index < -0.39 is 0 Å². The van der Waals surface area contributed by atoms with Crippen LogP contribution in [0.2, 0.25) is 0 Å². The van der Waals surface area contributed by atoms with Crippen LogP contribution in [0.5, 0.6) is 5.75 Å². The lowest BCUT2D eigenvalue weighted by Crippen LogP contribution is -2.28. The van der Waals surface area contributed by atoms with Crippen LogP contribution in [-0.2, 0) is 4.79 Å². The number of nitrogens with one attached hydrogen (secondary N) is 2. The lowest BCUT2D eigenvalue weighted by Gasteiger charge is -2.08. The Bertz CT molecular complexity index is 413. The van der Waals surface area contributed by atoms with Gasteiger partial charge in [-0.05, 0) is 49.7 Å². The average molecular weight is 262 g/mol. The Labute approximate surface area is 114 Å². The number of amides is 1. The number of hydrogen-bond acceptors (Lipinski definition) is 3. The molecule has 0 heterocycles. The molecule has 0 aliphatic rings. The Balaban J connectivity index is 2.39. The van der Waals surface area contributed by atoms with Gasteiger partial charge in [0, 0.05) is 5.69 Å². The van der Waals surface area contributed by atoms with Crippen molar-refractivity contribution in [2.75, 3.05) is 25.0 Å². The van der Waals surface area contributed by atoms with E-state index >= 15 is 0 Å². The van der Waals surface area contributed by atoms with E-state index in [1.165, 1.54) is 0 Å². The number of anilines is 1. The van der Waals surface area contributed by atoms with Crippen molar-refractivity contribution in [3.63, 3.8) is 0 Å². The summed E-state index contributed by atoms with van der Waals surface area (Å²) in [6.07, 6.45) is 1.02. The highest BCUT2D eigenvalue weighted by Crippen LogP contribution is 2.16. The third-order valence-electron chi connectivity index (χ3n) is 2.34. The Morgan fingerprint density at radius 1 is 1.32 bits per heavy atom. The van der Waals surface area contributed by atoms with E-state index in [1.54, 1.807) is 0 Å². The van der Waals surface area contributed by atoms with Crippen LogP contribution in [0.4, 0.5) is 5.69 Å². The summed E-state index contributed by atoms with van der Waals surface area (Å²) in [5, 5.41) is 5.87. The standard InChI is InChI=1S/C15H22N2O2/c1-4-9-16-10-15(18)17-13-5-7-14(8-6-13)19-11-12(2)3/h5-8,16H,2,4,9-11H2,1,3H3,(H,17,18). The summed E-state index contributed by atoms with van der Waals surface area (Å²) in [5.41, 5.74) is 1.74. The molecular weight excluding hydrogens is 240 g/mol. The maximum absolute atomic E-state index is 11.6. The Kier molecular flexibility index (Phi) is 6.68. The van der Waals surface area contributed by atoms with E-state index in [-0.39, 0.29) is 5.91 Å². The first-order valence-electron chi connectivity index (χ1n) is 6.49. The molecular formula is C15H22N2O2. The summed E-state index contributed by atoms with van der Waals surface area (Å²) in [4.78, 5) is 11.6. The van der Waals surface area contributed by atoms with E-state index in [0.29, 0.717) is 13.2 Å². The molecule has 0 saturated carbocycles. The van der Waals surface area contributed by atoms with Gasteiger partial charge in [0.25, 0.3) is 0 Å². The lowest BCUT2D eigenvalue weighted by atomic mass is 10.3. The van der Waals surface area contributed by atoms with Gasteiger partial charge in [0.15, 0.2) is 0 Å². The zero-order chi connectivity index (χ0) is 14.1. The summed E-state index contributed by atoms with van der Waals surface area (Å²) in [7, 11) is 0. The molecule has 0 aliphatic heterocycles. The predicted molar refractivity (Wildman–Crippen MR) is 78.5 cm³/mol. The van der Waals surface area contributed by atoms with Crippen molar-refractivity contribution in [3.05, 3.63) is 36.4 Å². The van der Waals surface area contributed by atoms with Gasteiger partial charge < -0.3 is 15.4 Å². The van der Waals surface area contributed by atoms with Gasteiger partial charge >= 0.3 is 0 Å². The maximum Gasteiger partial charge on any atom is 0.238 e. The second-order valence-electron chi connectivity index (χ2n) is 4.50. The van der Waals surface area contributed by atoms with Gasteiger partial charge in [-0.1, -0.05) is 13.5 Å². The molecule has 0 radical (unpaired) electrons. The molecule has 1 rings (SSSR count). The van der Waals surface area contributed by atoms with Crippen LogP contribution >= 0.6 is 0 Å². The number of rotatable bonds is 8. The third-order valence-corrected chi connectivity index (χ3v) is 2.34. The van der Waals surface area contributed by atoms with Gasteiger partial charge in [-0.25, -0.2) is 0 Å². The summed E-state index contributed by atoms with van der Waals surface area (Å²) < 4.78 is 5.48. The summed E-state index contributed by atoms with van der Waals surface area (Å²) >= 11 is 0. The minimum absolute atomic E-state index is 0.0379. The van der Waals surface area contributed by atoms with Gasteiger partial charge in [0.1, 0.15) is 12.4 Å². The predicted octanol–water partition coefficient (Wildman–Crippen LogP) is 2.58. The first-order valence-corrected chi connectivity index (χ1v) is 6.49. The van der Waals surface area contributed by atoms with Gasteiger partial charge in [-0.3, -0.25) is 4.79 Å². The molecule has 1 aromatic carbocycles. The van der Waals surface area contributed by atoms with Gasteiger partial charge in [0.05, 0.1) is 6.54 Å². The van der Waals surface area contributed by atoms with Crippen LogP contribution in [0.1, 0.15) is 20.3 Å². The highest BCUT2D eigenvalue weighted by Gasteiger charge is 2.01. The molecule has 0 fully saturated rings. The van der Waals surface area contributed by atoms with E-state index in [4.69, 9.17) is 4.74 Å². The Hall–Kier alpha value is -1.81. The molecule has 19 heavy (non-hydrogen) atoms. The summed E-state index contributed by atoms with van der Waals surface area (Å²) in [5.74, 6) is 0.731. The number of hydrogen-bond donors (Lipinski definition) is 2. The average Bonchev–Trinajstić information content (AvgIpc) is 2.38. The van der Waals surface area contributed by atoms with Crippen LogP contribution < -0.4 is 15.4 Å². The maximum atomic E-state index is 11.6. The Morgan fingerprint density at radius 2 is 2.00 bits per heavy atom. The van der Waals surface area contributed by atoms with E-state index in [0.717, 1.165) is 30.0 Å². The van der Waals surface area contributed by atoms with E-state index in [2.05, 4.69) is 24.1 Å². The minimum atomic E-state index is -0.0379. The molecule has 1 aromatic rings. The van der Waals surface area contributed by atoms with Crippen molar-refractivity contribution in [3.8, 4) is 5.75 Å². The van der Waals surface area contributed by atoms with E-state index in [1.807, 2.05) is 31.2 Å². The van der Waals surface area contributed by atoms with Crippen molar-refractivity contribution in [1.82, 2.24) is 5.32 Å². The summed E-state index contributed by atoms with van der Waals surface area (Å²) in [6.45, 7) is 9.44. The number of carbonyl (C=O) groups is 1. The number of carbonyl (C=O) groups excluding carboxylic acids is 1. The molecule has 4 heteroatoms. The highest BCUT2D eigenvalue weighted by atomic mass is 16.5. The molecule has 4 nitrogen and oxygen atoms in total. The third kappa shape index (κ3) is 6.62. The minimum Gasteiger partial charge on any atom is -0.489 e. The molecule has 1 amide bonds. The van der Waals surface area contributed by atoms with Crippen molar-refractivity contribution in [2.45, 2.75) is 20.3 Å². The van der Waals surface area contributed by atoms with Crippen LogP contribution in [0.15, 0.2) is 36.4 Å². The molecule has 0 bridgehead atoms. The smallest absolute Gasteiger partial charge is 0.238 e. The molecule has 0 aromatic heterocycles. The van der Waals surface area contributed by atoms with Crippen LogP contribution in [0.3, 0.4) is 0 Å². The van der Waals surface area contributed by atoms with Gasteiger partial charge in [-0.15, -0.1) is 0 Å². The molecule has 0 atom stereocenters. The van der Waals surface area contributed by atoms with Gasteiger partial charge in [0.2, 0.25) is 5.91 Å². The quantitative estimate of drug-likeness (QED) is 0.559. The number of benzene rings is 1. The molecule has 0 aliphatic carbocycles. The van der Waals surface area contributed by atoms with Crippen LogP contribution in [0, 0.1) is 0 Å². The van der Waals surface area contributed by atoms with Crippen molar-refractivity contribution >= 4 is 11.6 Å². The van der Waals surface area contributed by atoms with Crippen molar-refractivity contribution in [1.29, 1.82) is 0 Å². The van der Waals surface area contributed by atoms with Crippen LogP contribution in [0.25, 0.3) is 0 Å². The first-order chi connectivity index (χ1) is 9.11. The molecule has 104 valence electrons. The fourth-order valence-electron chi connectivity index (χ4n) is 1.42. The fraction of sp³-hybridized carbons (Fsp3) is 0.400. The molecule has 0 saturated heterocycles. The molecule has 0 spiro atoms. The molecule has 2 N–H and O–H groups in total. The second-order valence-corrected chi connectivity index (χ2v) is 4.50. The van der Waals surface area contributed by atoms with Crippen molar-refractivity contribution in [2.24, 2.45) is 0 Å². The van der Waals surface area contributed by atoms with Gasteiger partial charge in [-0.2, -0.15) is 0 Å². The zero-order valence-corrected chi connectivity index (χ0v) is 11.7. The number of ether oxygens (including phenoxy) is 1. The topological polar surface area (TPSA) is 50.4 Å². The zero-order valence-electron chi connectivity index (χ0n) is 11.7. The van der Waals surface area contributed by atoms with Crippen LogP contribution in [-0.4, -0.2) is 25.6 Å². The summed E-state index contributed by atoms with van der Waals surface area (Å²) in [6, 6.07) is 7.31.